The Bertz CT molecular complexity index is 1010. The summed E-state index contributed by atoms with van der Waals surface area (Å²) in [7, 11) is 3.06. The van der Waals surface area contributed by atoms with Gasteiger partial charge in [0.1, 0.15) is 15.9 Å². The van der Waals surface area contributed by atoms with Crippen LogP contribution in [0.2, 0.25) is 0 Å². The topological polar surface area (TPSA) is 97.7 Å². The van der Waals surface area contributed by atoms with Gasteiger partial charge in [0.25, 0.3) is 0 Å². The number of methoxy groups -OCH3 is 2. The van der Waals surface area contributed by atoms with Crippen LogP contribution in [-0.2, 0) is 9.53 Å². The molecule has 9 heteroatoms. The molecule has 0 saturated heterocycles. The average molecular weight is 479 g/mol. The molecule has 2 aromatic rings. The van der Waals surface area contributed by atoms with Gasteiger partial charge < -0.3 is 19.5 Å². The minimum absolute atomic E-state index is 0.226. The molecule has 0 bridgehead atoms. The highest BCUT2D eigenvalue weighted by Gasteiger charge is 2.21. The lowest BCUT2D eigenvalue weighted by molar-refractivity contribution is -0.111. The number of hydrogen-bond acceptors (Lipinski definition) is 7. The number of anilines is 1. The average Bonchev–Trinajstić information content (AvgIpc) is 3.01. The Balaban J connectivity index is 2.23. The quantitative estimate of drug-likeness (QED) is 0.463. The van der Waals surface area contributed by atoms with Crippen LogP contribution in [0.1, 0.15) is 33.3 Å². The second-order valence-corrected chi connectivity index (χ2v) is 7.53. The third-order valence-corrected chi connectivity index (χ3v) is 5.62. The lowest BCUT2D eigenvalue weighted by atomic mass is 10.1. The van der Waals surface area contributed by atoms with Crippen molar-refractivity contribution in [3.63, 3.8) is 0 Å². The van der Waals surface area contributed by atoms with Crippen molar-refractivity contribution in [2.45, 2.75) is 13.8 Å². The molecule has 0 aliphatic carbocycles. The summed E-state index contributed by atoms with van der Waals surface area (Å²) in [6.45, 7) is 3.57. The zero-order valence-electron chi connectivity index (χ0n) is 16.3. The number of benzene rings is 1. The molecule has 1 amide bonds. The van der Waals surface area contributed by atoms with Crippen molar-refractivity contribution in [1.82, 2.24) is 0 Å². The number of carbonyl (C=O) groups is 2. The summed E-state index contributed by atoms with van der Waals surface area (Å²) in [5, 5.41) is 12.3. The van der Waals surface area contributed by atoms with Crippen molar-refractivity contribution in [1.29, 1.82) is 5.26 Å². The van der Waals surface area contributed by atoms with Gasteiger partial charge in [-0.3, -0.25) is 4.79 Å². The molecule has 1 aromatic carbocycles. The molecule has 152 valence electrons. The summed E-state index contributed by atoms with van der Waals surface area (Å²) in [6, 6.07) is 5.53. The first-order valence-corrected chi connectivity index (χ1v) is 10.1. The summed E-state index contributed by atoms with van der Waals surface area (Å²) in [5.74, 6) is 0.108. The number of nitrogens with one attached hydrogen (secondary N) is 1. The maximum atomic E-state index is 12.3. The first-order valence-electron chi connectivity index (χ1n) is 8.47. The predicted octanol–water partition coefficient (Wildman–Crippen LogP) is 4.54. The Morgan fingerprint density at radius 3 is 2.62 bits per heavy atom. The summed E-state index contributed by atoms with van der Waals surface area (Å²) in [5.41, 5.74) is 1.44. The lowest BCUT2D eigenvalue weighted by Gasteiger charge is -2.10. The van der Waals surface area contributed by atoms with Gasteiger partial charge in [-0.1, -0.05) is 0 Å². The molecule has 0 aliphatic rings. The van der Waals surface area contributed by atoms with E-state index in [9.17, 15) is 14.9 Å². The molecule has 0 fully saturated rings. The summed E-state index contributed by atoms with van der Waals surface area (Å²) < 4.78 is 16.2. The number of amides is 1. The molecule has 0 unspecified atom stereocenters. The number of nitriles is 1. The molecule has 2 rings (SSSR count). The highest BCUT2D eigenvalue weighted by Crippen LogP contribution is 2.37. The second-order valence-electron chi connectivity index (χ2n) is 5.65. The van der Waals surface area contributed by atoms with E-state index in [0.717, 1.165) is 11.3 Å². The molecular weight excluding hydrogens is 460 g/mol. The lowest BCUT2D eigenvalue weighted by Crippen LogP contribution is -2.07. The van der Waals surface area contributed by atoms with Crippen molar-refractivity contribution >= 4 is 50.2 Å². The number of carbonyl (C=O) groups excluding carboxylic acids is 2. The highest BCUT2D eigenvalue weighted by molar-refractivity contribution is 9.10. The standard InChI is InChI=1S/C20H19BrN2O5S/c1-5-28-20(25)18-11(2)13(10-22)19(29-18)23-16(24)7-6-12-8-14(21)17(27-4)15(9-12)26-3/h6-9H,5H2,1-4H3,(H,23,24). The first-order chi connectivity index (χ1) is 13.9. The van der Waals surface area contributed by atoms with Gasteiger partial charge in [0, 0.05) is 6.08 Å². The van der Waals surface area contributed by atoms with Crippen LogP contribution < -0.4 is 14.8 Å². The molecule has 1 N–H and O–H groups in total. The number of nitrogens with zero attached hydrogens (tertiary/aromatic N) is 1. The normalized spacial score (nSPS) is 10.5. The van der Waals surface area contributed by atoms with E-state index in [4.69, 9.17) is 14.2 Å². The molecule has 1 heterocycles. The van der Waals surface area contributed by atoms with Crippen molar-refractivity contribution in [2.75, 3.05) is 26.1 Å². The largest absolute Gasteiger partial charge is 0.493 e. The zero-order valence-corrected chi connectivity index (χ0v) is 18.7. The number of ether oxygens (including phenoxy) is 3. The molecule has 29 heavy (non-hydrogen) atoms. The van der Waals surface area contributed by atoms with E-state index in [-0.39, 0.29) is 12.2 Å². The van der Waals surface area contributed by atoms with Gasteiger partial charge in [-0.05, 0) is 59.1 Å². The molecule has 0 aliphatic heterocycles. The van der Waals surface area contributed by atoms with Crippen molar-refractivity contribution in [3.8, 4) is 17.6 Å². The van der Waals surface area contributed by atoms with Crippen LogP contribution >= 0.6 is 27.3 Å². The van der Waals surface area contributed by atoms with E-state index in [2.05, 4.69) is 21.2 Å². The van der Waals surface area contributed by atoms with E-state index in [1.165, 1.54) is 20.3 Å². The van der Waals surface area contributed by atoms with Gasteiger partial charge in [0.05, 0.1) is 30.9 Å². The third-order valence-electron chi connectivity index (χ3n) is 3.84. The molecular formula is C20H19BrN2O5S. The molecule has 0 radical (unpaired) electrons. The van der Waals surface area contributed by atoms with Gasteiger partial charge >= 0.3 is 5.97 Å². The number of hydrogen-bond donors (Lipinski definition) is 1. The van der Waals surface area contributed by atoms with Gasteiger partial charge in [0.2, 0.25) is 5.91 Å². The first kappa shape index (κ1) is 22.5. The van der Waals surface area contributed by atoms with Gasteiger partial charge in [-0.25, -0.2) is 4.79 Å². The predicted molar refractivity (Wildman–Crippen MR) is 115 cm³/mol. The third kappa shape index (κ3) is 5.16. The maximum absolute atomic E-state index is 12.3. The van der Waals surface area contributed by atoms with E-state index in [1.54, 1.807) is 32.1 Å². The number of thiophene rings is 1. The summed E-state index contributed by atoms with van der Waals surface area (Å²) >= 11 is 4.41. The molecule has 0 spiro atoms. The van der Waals surface area contributed by atoms with Crippen molar-refractivity contribution in [3.05, 3.63) is 44.2 Å². The van der Waals surface area contributed by atoms with Gasteiger partial charge in [-0.15, -0.1) is 11.3 Å². The molecule has 0 atom stereocenters. The Morgan fingerprint density at radius 1 is 1.31 bits per heavy atom. The summed E-state index contributed by atoms with van der Waals surface area (Å²) in [6.07, 6.45) is 2.93. The number of rotatable bonds is 7. The fourth-order valence-corrected chi connectivity index (χ4v) is 4.16. The van der Waals surface area contributed by atoms with Crippen LogP contribution in [0.3, 0.4) is 0 Å². The molecule has 1 aromatic heterocycles. The van der Waals surface area contributed by atoms with Crippen molar-refractivity contribution < 1.29 is 23.8 Å². The summed E-state index contributed by atoms with van der Waals surface area (Å²) in [4.78, 5) is 24.7. The maximum Gasteiger partial charge on any atom is 0.348 e. The monoisotopic (exact) mass is 478 g/mol. The van der Waals surface area contributed by atoms with E-state index in [1.807, 2.05) is 6.07 Å². The zero-order chi connectivity index (χ0) is 21.6. The minimum atomic E-state index is -0.516. The smallest absolute Gasteiger partial charge is 0.348 e. The van der Waals surface area contributed by atoms with E-state index < -0.39 is 11.9 Å². The van der Waals surface area contributed by atoms with Crippen LogP contribution in [0.5, 0.6) is 11.5 Å². The Kier molecular flexibility index (Phi) is 7.82. The van der Waals surface area contributed by atoms with E-state index >= 15 is 0 Å². The Labute approximate surface area is 181 Å². The van der Waals surface area contributed by atoms with Gasteiger partial charge in [0.15, 0.2) is 11.5 Å². The second kappa shape index (κ2) is 10.1. The van der Waals surface area contributed by atoms with Gasteiger partial charge in [-0.2, -0.15) is 5.26 Å². The molecule has 7 nitrogen and oxygen atoms in total. The fourth-order valence-electron chi connectivity index (χ4n) is 2.49. The SMILES string of the molecule is CCOC(=O)c1sc(NC(=O)C=Cc2cc(Br)c(OC)c(OC)c2)c(C#N)c1C. The van der Waals surface area contributed by atoms with Crippen molar-refractivity contribution in [2.24, 2.45) is 0 Å². The van der Waals surface area contributed by atoms with Crippen LogP contribution in [-0.4, -0.2) is 32.7 Å². The van der Waals surface area contributed by atoms with E-state index in [0.29, 0.717) is 37.0 Å². The van der Waals surface area contributed by atoms with Crippen LogP contribution in [0, 0.1) is 18.3 Å². The van der Waals surface area contributed by atoms with Crippen LogP contribution in [0.25, 0.3) is 6.08 Å². The number of halogens is 1. The van der Waals surface area contributed by atoms with Crippen LogP contribution in [0.15, 0.2) is 22.7 Å². The molecule has 0 saturated carbocycles. The number of esters is 1. The highest BCUT2D eigenvalue weighted by atomic mass is 79.9. The minimum Gasteiger partial charge on any atom is -0.493 e. The Morgan fingerprint density at radius 2 is 2.03 bits per heavy atom. The van der Waals surface area contributed by atoms with Crippen LogP contribution in [0.4, 0.5) is 5.00 Å². The Hall–Kier alpha value is -2.83. The fraction of sp³-hybridized carbons (Fsp3) is 0.250.